The molecule has 0 aliphatic heterocycles. The molecule has 122 valence electrons. The van der Waals surface area contributed by atoms with Crippen molar-refractivity contribution in [2.75, 3.05) is 0 Å². The van der Waals surface area contributed by atoms with Crippen LogP contribution >= 0.6 is 0 Å². The maximum atomic E-state index is 12.5. The van der Waals surface area contributed by atoms with E-state index in [0.717, 1.165) is 0 Å². The van der Waals surface area contributed by atoms with Crippen LogP contribution in [0.1, 0.15) is 19.8 Å². The van der Waals surface area contributed by atoms with Crippen molar-refractivity contribution in [3.05, 3.63) is 35.6 Å². The number of allylic oxidation sites excluding steroid dienone is 6. The van der Waals surface area contributed by atoms with Crippen molar-refractivity contribution >= 4 is 5.78 Å². The summed E-state index contributed by atoms with van der Waals surface area (Å²) in [5.74, 6) is -0.632. The van der Waals surface area contributed by atoms with E-state index in [4.69, 9.17) is 0 Å². The monoisotopic (exact) mass is 326 g/mol. The van der Waals surface area contributed by atoms with Crippen LogP contribution in [0.25, 0.3) is 0 Å². The number of halogens is 6. The second-order valence-corrected chi connectivity index (χ2v) is 5.38. The molecule has 0 amide bonds. The quantitative estimate of drug-likeness (QED) is 0.709. The molecule has 1 unspecified atom stereocenters. The van der Waals surface area contributed by atoms with E-state index in [1.807, 2.05) is 0 Å². The first-order valence-corrected chi connectivity index (χ1v) is 6.38. The van der Waals surface area contributed by atoms with Crippen molar-refractivity contribution in [2.24, 2.45) is 5.41 Å². The molecular formula is C14H12F6O2. The molecule has 1 atom stereocenters. The minimum atomic E-state index is -5.55. The van der Waals surface area contributed by atoms with Gasteiger partial charge in [0.05, 0.1) is 5.76 Å². The van der Waals surface area contributed by atoms with E-state index in [1.54, 1.807) is 6.92 Å². The summed E-state index contributed by atoms with van der Waals surface area (Å²) >= 11 is 0. The first-order chi connectivity index (χ1) is 9.92. The lowest BCUT2D eigenvalue weighted by atomic mass is 9.73. The van der Waals surface area contributed by atoms with Gasteiger partial charge in [-0.3, -0.25) is 4.79 Å². The molecule has 2 rings (SSSR count). The molecule has 0 fully saturated rings. The van der Waals surface area contributed by atoms with E-state index < -0.39 is 23.9 Å². The van der Waals surface area contributed by atoms with Crippen LogP contribution in [-0.4, -0.2) is 24.2 Å². The molecule has 0 aromatic rings. The summed E-state index contributed by atoms with van der Waals surface area (Å²) in [6.07, 6.45) is -9.67. The lowest BCUT2D eigenvalue weighted by Gasteiger charge is -2.35. The molecular weight excluding hydrogens is 314 g/mol. The highest BCUT2D eigenvalue weighted by atomic mass is 19.4. The number of alkyl halides is 6. The fraction of sp³-hybridized carbons (Fsp3) is 0.500. The Morgan fingerprint density at radius 1 is 1.14 bits per heavy atom. The topological polar surface area (TPSA) is 26.3 Å². The molecule has 8 heteroatoms. The van der Waals surface area contributed by atoms with Gasteiger partial charge in [0.2, 0.25) is 0 Å². The number of ketones is 1. The van der Waals surface area contributed by atoms with Crippen molar-refractivity contribution < 1.29 is 35.9 Å². The number of carbonyl (C=O) groups excluding carboxylic acids is 1. The third-order valence-corrected chi connectivity index (χ3v) is 3.57. The minimum absolute atomic E-state index is 0.120. The van der Waals surface area contributed by atoms with Gasteiger partial charge in [0, 0.05) is 11.8 Å². The Labute approximate surface area is 122 Å². The molecule has 22 heavy (non-hydrogen) atoms. The van der Waals surface area contributed by atoms with E-state index in [-0.39, 0.29) is 24.4 Å². The Hall–Kier alpha value is -1.73. The van der Waals surface area contributed by atoms with Gasteiger partial charge in [-0.05, 0) is 31.6 Å². The van der Waals surface area contributed by atoms with Gasteiger partial charge in [-0.25, -0.2) is 0 Å². The summed E-state index contributed by atoms with van der Waals surface area (Å²) in [6, 6.07) is 0. The van der Waals surface area contributed by atoms with Crippen molar-refractivity contribution in [2.45, 2.75) is 38.2 Å². The Balaban J connectivity index is 2.28. The third-order valence-electron chi connectivity index (χ3n) is 3.57. The number of hydrogen-bond donors (Lipinski definition) is 0. The Morgan fingerprint density at radius 2 is 1.73 bits per heavy atom. The summed E-state index contributed by atoms with van der Waals surface area (Å²) in [5.41, 5.74) is -0.258. The van der Waals surface area contributed by atoms with Crippen LogP contribution in [-0.2, 0) is 9.53 Å². The van der Waals surface area contributed by atoms with Crippen LogP contribution in [0.5, 0.6) is 0 Å². The summed E-state index contributed by atoms with van der Waals surface area (Å²) in [7, 11) is 0. The molecule has 2 nitrogen and oxygen atoms in total. The highest BCUT2D eigenvalue weighted by molar-refractivity contribution is 6.01. The van der Waals surface area contributed by atoms with Gasteiger partial charge in [-0.15, -0.1) is 0 Å². The molecule has 0 radical (unpaired) electrons. The first kappa shape index (κ1) is 16.6. The van der Waals surface area contributed by atoms with Gasteiger partial charge in [0.15, 0.2) is 5.78 Å². The van der Waals surface area contributed by atoms with Gasteiger partial charge in [-0.2, -0.15) is 26.3 Å². The average Bonchev–Trinajstić information content (AvgIpc) is 2.34. The van der Waals surface area contributed by atoms with E-state index >= 15 is 0 Å². The van der Waals surface area contributed by atoms with E-state index in [1.165, 1.54) is 24.3 Å². The Morgan fingerprint density at radius 3 is 2.27 bits per heavy atom. The molecule has 0 aromatic heterocycles. The highest BCUT2D eigenvalue weighted by Gasteiger charge is 2.59. The fourth-order valence-electron chi connectivity index (χ4n) is 2.45. The second-order valence-electron chi connectivity index (χ2n) is 5.38. The molecule has 2 aliphatic rings. The van der Waals surface area contributed by atoms with Crippen molar-refractivity contribution in [3.63, 3.8) is 0 Å². The normalized spacial score (nSPS) is 25.7. The van der Waals surface area contributed by atoms with Crippen LogP contribution in [0.2, 0.25) is 0 Å². The van der Waals surface area contributed by atoms with Crippen molar-refractivity contribution in [1.29, 1.82) is 0 Å². The smallest absolute Gasteiger partial charge is 0.434 e. The van der Waals surface area contributed by atoms with Gasteiger partial charge in [0.25, 0.3) is 6.10 Å². The zero-order chi connectivity index (χ0) is 16.8. The largest absolute Gasteiger partial charge is 0.476 e. The third kappa shape index (κ3) is 3.36. The molecule has 0 spiro atoms. The summed E-state index contributed by atoms with van der Waals surface area (Å²) < 4.78 is 79.3. The van der Waals surface area contributed by atoms with Gasteiger partial charge < -0.3 is 4.74 Å². The predicted octanol–water partition coefficient (Wildman–Crippen LogP) is 4.25. The molecule has 0 N–H and O–H groups in total. The zero-order valence-corrected chi connectivity index (χ0v) is 11.4. The zero-order valence-electron chi connectivity index (χ0n) is 11.4. The minimum Gasteiger partial charge on any atom is -0.476 e. The van der Waals surface area contributed by atoms with Crippen molar-refractivity contribution in [3.8, 4) is 0 Å². The lowest BCUT2D eigenvalue weighted by molar-refractivity contribution is -0.313. The summed E-state index contributed by atoms with van der Waals surface area (Å²) in [4.78, 5) is 11.3. The average molecular weight is 326 g/mol. The summed E-state index contributed by atoms with van der Waals surface area (Å²) in [5, 5.41) is 0. The van der Waals surface area contributed by atoms with E-state index in [9.17, 15) is 31.1 Å². The first-order valence-electron chi connectivity index (χ1n) is 6.38. The van der Waals surface area contributed by atoms with Crippen LogP contribution in [0, 0.1) is 5.41 Å². The maximum absolute atomic E-state index is 12.5. The number of carbonyl (C=O) groups is 1. The number of ether oxygens (including phenoxy) is 1. The van der Waals surface area contributed by atoms with Gasteiger partial charge in [0.1, 0.15) is 0 Å². The van der Waals surface area contributed by atoms with Gasteiger partial charge in [-0.1, -0.05) is 11.6 Å². The predicted molar refractivity (Wildman–Crippen MR) is 64.6 cm³/mol. The summed E-state index contributed by atoms with van der Waals surface area (Å²) in [6.45, 7) is 1.60. The molecule has 0 bridgehead atoms. The number of rotatable bonds is 2. The Kier molecular flexibility index (Phi) is 3.91. The van der Waals surface area contributed by atoms with Gasteiger partial charge >= 0.3 is 12.4 Å². The molecule has 2 aliphatic carbocycles. The second kappa shape index (κ2) is 5.17. The van der Waals surface area contributed by atoms with Crippen LogP contribution in [0.3, 0.4) is 0 Å². The van der Waals surface area contributed by atoms with Crippen LogP contribution in [0.4, 0.5) is 26.3 Å². The van der Waals surface area contributed by atoms with Crippen LogP contribution in [0.15, 0.2) is 35.6 Å². The van der Waals surface area contributed by atoms with E-state index in [2.05, 4.69) is 4.74 Å². The van der Waals surface area contributed by atoms with E-state index in [0.29, 0.717) is 5.57 Å². The molecule has 0 heterocycles. The van der Waals surface area contributed by atoms with Crippen molar-refractivity contribution in [1.82, 2.24) is 0 Å². The molecule has 0 aromatic carbocycles. The Bertz CT molecular complexity index is 553. The molecule has 0 saturated carbocycles. The number of hydrogen-bond acceptors (Lipinski definition) is 2. The number of fused-ring (bicyclic) bond motifs is 1. The lowest BCUT2D eigenvalue weighted by Crippen LogP contribution is -2.44. The molecule has 0 saturated heterocycles. The fourth-order valence-corrected chi connectivity index (χ4v) is 2.45. The SMILES string of the molecule is CC12C=CC(=O)C=C1CCC(OC(C(F)(F)F)C(F)(F)F)=C2. The standard InChI is InChI=1S/C14H12F6O2/c1-12-5-4-9(21)6-8(12)2-3-10(7-12)22-11(13(15,16)17)14(18,19)20/h4-7,11H,2-3H2,1H3. The highest BCUT2D eigenvalue weighted by Crippen LogP contribution is 2.44. The van der Waals surface area contributed by atoms with Crippen LogP contribution < -0.4 is 0 Å². The maximum Gasteiger partial charge on any atom is 0.434 e.